The Kier molecular flexibility index (Phi) is 7.36. The third-order valence-corrected chi connectivity index (χ3v) is 5.71. The van der Waals surface area contributed by atoms with Gasteiger partial charge in [-0.25, -0.2) is 4.79 Å². The van der Waals surface area contributed by atoms with Crippen molar-refractivity contribution in [2.45, 2.75) is 65.4 Å². The Hall–Kier alpha value is -2.04. The van der Waals surface area contributed by atoms with E-state index in [1.165, 1.54) is 0 Å². The molecule has 0 amide bonds. The first-order valence-electron chi connectivity index (χ1n) is 9.95. The van der Waals surface area contributed by atoms with Crippen LogP contribution in [0.15, 0.2) is 36.4 Å². The van der Waals surface area contributed by atoms with E-state index in [0.29, 0.717) is 0 Å². The van der Waals surface area contributed by atoms with Crippen LogP contribution in [0.3, 0.4) is 0 Å². The number of ether oxygens (including phenoxy) is 2. The van der Waals surface area contributed by atoms with Crippen molar-refractivity contribution in [1.82, 2.24) is 0 Å². The Morgan fingerprint density at radius 2 is 1.62 bits per heavy atom. The lowest BCUT2D eigenvalue weighted by molar-refractivity contribution is -0.0760. The molecule has 0 atom stereocenters. The molecule has 0 spiro atoms. The molecule has 0 heterocycles. The summed E-state index contributed by atoms with van der Waals surface area (Å²) in [4.78, 5) is 11.3. The van der Waals surface area contributed by atoms with Crippen molar-refractivity contribution in [3.05, 3.63) is 63.7 Å². The zero-order valence-electron chi connectivity index (χ0n) is 18.1. The SMILES string of the molecule is CCC(CC)(c1ccc(OCOC(C)(C)C)c(C)c1)c1ccc(C(=O)O)c(Cl)c1. The first-order valence-corrected chi connectivity index (χ1v) is 10.3. The Balaban J connectivity index is 2.38. The van der Waals surface area contributed by atoms with Gasteiger partial charge in [0.05, 0.1) is 16.2 Å². The third kappa shape index (κ3) is 5.31. The van der Waals surface area contributed by atoms with E-state index in [4.69, 9.17) is 21.1 Å². The molecule has 158 valence electrons. The maximum absolute atomic E-state index is 11.3. The second kappa shape index (κ2) is 9.19. The van der Waals surface area contributed by atoms with Crippen LogP contribution in [-0.4, -0.2) is 23.5 Å². The van der Waals surface area contributed by atoms with Crippen LogP contribution in [0.5, 0.6) is 5.75 Å². The van der Waals surface area contributed by atoms with E-state index in [1.807, 2.05) is 39.8 Å². The first kappa shape index (κ1) is 23.2. The fraction of sp³-hybridized carbons (Fsp3) is 0.458. The molecular formula is C24H31ClO4. The summed E-state index contributed by atoms with van der Waals surface area (Å²) in [6, 6.07) is 11.4. The van der Waals surface area contributed by atoms with E-state index < -0.39 is 5.97 Å². The number of rotatable bonds is 8. The zero-order valence-corrected chi connectivity index (χ0v) is 18.9. The number of hydrogen-bond donors (Lipinski definition) is 1. The summed E-state index contributed by atoms with van der Waals surface area (Å²) in [5.74, 6) is -0.228. The van der Waals surface area contributed by atoms with Gasteiger partial charge in [-0.2, -0.15) is 0 Å². The van der Waals surface area contributed by atoms with Gasteiger partial charge in [0.15, 0.2) is 6.79 Å². The lowest BCUT2D eigenvalue weighted by Gasteiger charge is -2.34. The quantitative estimate of drug-likeness (QED) is 0.490. The van der Waals surface area contributed by atoms with E-state index in [2.05, 4.69) is 26.0 Å². The predicted octanol–water partition coefficient (Wildman–Crippen LogP) is 6.60. The molecule has 5 heteroatoms. The Morgan fingerprint density at radius 3 is 2.10 bits per heavy atom. The van der Waals surface area contributed by atoms with Gasteiger partial charge >= 0.3 is 5.97 Å². The van der Waals surface area contributed by atoms with E-state index in [1.54, 1.807) is 12.1 Å². The van der Waals surface area contributed by atoms with Crippen molar-refractivity contribution in [3.63, 3.8) is 0 Å². The topological polar surface area (TPSA) is 55.8 Å². The standard InChI is InChI=1S/C24H31ClO4/c1-7-24(8-2,18-9-11-19(22(26)27)20(25)14-18)17-10-12-21(16(3)13-17)28-15-29-23(4,5)6/h9-14H,7-8,15H2,1-6H3,(H,26,27). The van der Waals surface area contributed by atoms with E-state index in [-0.39, 0.29) is 28.4 Å². The Bertz CT molecular complexity index is 864. The van der Waals surface area contributed by atoms with E-state index in [0.717, 1.165) is 35.3 Å². The van der Waals surface area contributed by atoms with Crippen molar-refractivity contribution >= 4 is 17.6 Å². The van der Waals surface area contributed by atoms with Crippen LogP contribution >= 0.6 is 11.6 Å². The normalized spacial score (nSPS) is 12.1. The largest absolute Gasteiger partial charge is 0.478 e. The predicted molar refractivity (Wildman–Crippen MR) is 117 cm³/mol. The summed E-state index contributed by atoms with van der Waals surface area (Å²) in [7, 11) is 0. The lowest BCUT2D eigenvalue weighted by Crippen LogP contribution is -2.26. The van der Waals surface area contributed by atoms with Crippen molar-refractivity contribution in [1.29, 1.82) is 0 Å². The molecule has 0 aliphatic carbocycles. The maximum atomic E-state index is 11.3. The Morgan fingerprint density at radius 1 is 1.03 bits per heavy atom. The molecule has 0 bridgehead atoms. The van der Waals surface area contributed by atoms with Crippen LogP contribution < -0.4 is 4.74 Å². The minimum atomic E-state index is -1.02. The van der Waals surface area contributed by atoms with Crippen molar-refractivity contribution in [3.8, 4) is 5.75 Å². The molecule has 1 N–H and O–H groups in total. The third-order valence-electron chi connectivity index (χ3n) is 5.39. The lowest BCUT2D eigenvalue weighted by atomic mass is 9.70. The van der Waals surface area contributed by atoms with Gasteiger partial charge in [0.25, 0.3) is 0 Å². The first-order chi connectivity index (χ1) is 13.5. The van der Waals surface area contributed by atoms with Gasteiger partial charge in [0.2, 0.25) is 0 Å². The number of aromatic carboxylic acids is 1. The maximum Gasteiger partial charge on any atom is 0.337 e. The molecule has 0 saturated heterocycles. The van der Waals surface area contributed by atoms with E-state index >= 15 is 0 Å². The molecule has 0 saturated carbocycles. The molecule has 2 aromatic carbocycles. The number of halogens is 1. The van der Waals surface area contributed by atoms with Crippen molar-refractivity contribution < 1.29 is 19.4 Å². The highest BCUT2D eigenvalue weighted by Gasteiger charge is 2.32. The minimum absolute atomic E-state index is 0.121. The van der Waals surface area contributed by atoms with Crippen molar-refractivity contribution in [2.24, 2.45) is 0 Å². The second-order valence-corrected chi connectivity index (χ2v) is 8.70. The number of carbonyl (C=O) groups is 1. The van der Waals surface area contributed by atoms with Gasteiger partial charge in [-0.05, 0) is 75.4 Å². The average molecular weight is 419 g/mol. The molecule has 0 aromatic heterocycles. The number of carboxylic acid groups (broad SMARTS) is 1. The number of hydrogen-bond acceptors (Lipinski definition) is 3. The van der Waals surface area contributed by atoms with E-state index in [9.17, 15) is 9.90 Å². The zero-order chi connectivity index (χ0) is 21.8. The molecule has 2 aromatic rings. The molecule has 29 heavy (non-hydrogen) atoms. The van der Waals surface area contributed by atoms with Gasteiger partial charge in [-0.3, -0.25) is 0 Å². The summed E-state index contributed by atoms with van der Waals surface area (Å²) in [5, 5.41) is 9.53. The highest BCUT2D eigenvalue weighted by molar-refractivity contribution is 6.33. The van der Waals surface area contributed by atoms with Crippen molar-refractivity contribution in [2.75, 3.05) is 6.79 Å². The minimum Gasteiger partial charge on any atom is -0.478 e. The number of benzene rings is 2. The summed E-state index contributed by atoms with van der Waals surface area (Å²) >= 11 is 6.27. The monoisotopic (exact) mass is 418 g/mol. The smallest absolute Gasteiger partial charge is 0.337 e. The van der Waals surface area contributed by atoms with Gasteiger partial charge in [0.1, 0.15) is 5.75 Å². The van der Waals surface area contributed by atoms with Crippen LogP contribution in [-0.2, 0) is 10.2 Å². The summed E-state index contributed by atoms with van der Waals surface area (Å²) in [5.41, 5.74) is 2.81. The summed E-state index contributed by atoms with van der Waals surface area (Å²) in [6.45, 7) is 12.5. The molecule has 4 nitrogen and oxygen atoms in total. The summed E-state index contributed by atoms with van der Waals surface area (Å²) < 4.78 is 11.5. The highest BCUT2D eigenvalue weighted by Crippen LogP contribution is 2.41. The molecule has 0 unspecified atom stereocenters. The van der Waals surface area contributed by atoms with Crippen LogP contribution in [0.4, 0.5) is 0 Å². The van der Waals surface area contributed by atoms with Crippen LogP contribution in [0.1, 0.15) is 74.5 Å². The number of carboxylic acids is 1. The van der Waals surface area contributed by atoms with Gasteiger partial charge < -0.3 is 14.6 Å². The van der Waals surface area contributed by atoms with Crippen LogP contribution in [0.25, 0.3) is 0 Å². The molecule has 2 rings (SSSR count). The molecule has 0 fully saturated rings. The Labute approximate surface area is 178 Å². The molecule has 0 radical (unpaired) electrons. The fourth-order valence-corrected chi connectivity index (χ4v) is 3.86. The number of aryl methyl sites for hydroxylation is 1. The molecular weight excluding hydrogens is 388 g/mol. The van der Waals surface area contributed by atoms with Crippen LogP contribution in [0.2, 0.25) is 5.02 Å². The van der Waals surface area contributed by atoms with Gasteiger partial charge in [-0.1, -0.05) is 43.6 Å². The van der Waals surface area contributed by atoms with Gasteiger partial charge in [0, 0.05) is 5.41 Å². The fourth-order valence-electron chi connectivity index (χ4n) is 3.60. The van der Waals surface area contributed by atoms with Crippen LogP contribution in [0, 0.1) is 6.92 Å². The second-order valence-electron chi connectivity index (χ2n) is 8.29. The van der Waals surface area contributed by atoms with Gasteiger partial charge in [-0.15, -0.1) is 0 Å². The molecule has 0 aliphatic rings. The summed E-state index contributed by atoms with van der Waals surface area (Å²) in [6.07, 6.45) is 1.72. The molecule has 0 aliphatic heterocycles. The highest BCUT2D eigenvalue weighted by atomic mass is 35.5. The average Bonchev–Trinajstić information content (AvgIpc) is 2.63.